The summed E-state index contributed by atoms with van der Waals surface area (Å²) in [7, 11) is -6.91. The predicted molar refractivity (Wildman–Crippen MR) is 65.4 cm³/mol. The van der Waals surface area contributed by atoms with Crippen LogP contribution in [0.4, 0.5) is 0 Å². The summed E-state index contributed by atoms with van der Waals surface area (Å²) in [6, 6.07) is 0.850. The van der Waals surface area contributed by atoms with Gasteiger partial charge in [-0.1, -0.05) is 6.92 Å². The second kappa shape index (κ2) is 10.2. The fourth-order valence-corrected chi connectivity index (χ4v) is 3.27. The number of hydrogen-bond acceptors (Lipinski definition) is 4. The first kappa shape index (κ1) is 19.5. The zero-order valence-corrected chi connectivity index (χ0v) is 12.6. The number of hydrogen-bond donors (Lipinski definition) is 3. The minimum absolute atomic E-state index is 0.667. The first-order chi connectivity index (χ1) is 7.74. The monoisotopic (exact) mass is 290 g/mol. The van der Waals surface area contributed by atoms with Crippen LogP contribution in [0.1, 0.15) is 27.7 Å². The van der Waals surface area contributed by atoms with Crippen molar-refractivity contribution in [3.63, 3.8) is 0 Å². The lowest BCUT2D eigenvalue weighted by Crippen LogP contribution is -2.45. The van der Waals surface area contributed by atoms with Crippen LogP contribution in [0.15, 0.2) is 0 Å². The van der Waals surface area contributed by atoms with Gasteiger partial charge in [0.05, 0.1) is 0 Å². The Bertz CT molecular complexity index is 195. The van der Waals surface area contributed by atoms with Gasteiger partial charge in [-0.25, -0.2) is 4.57 Å². The molecule has 0 aromatic carbocycles. The van der Waals surface area contributed by atoms with E-state index in [1.165, 1.54) is 0 Å². The Morgan fingerprint density at radius 3 is 1.24 bits per heavy atom. The second-order valence-corrected chi connectivity index (χ2v) is 6.81. The molecule has 0 saturated carbocycles. The van der Waals surface area contributed by atoms with Crippen molar-refractivity contribution in [1.29, 1.82) is 0 Å². The molecule has 0 rings (SSSR count). The van der Waals surface area contributed by atoms with Crippen molar-refractivity contribution in [2.24, 2.45) is 0 Å². The van der Waals surface area contributed by atoms with E-state index in [9.17, 15) is 0 Å². The highest BCUT2D eigenvalue weighted by atomic mass is 31.2. The third-order valence-corrected chi connectivity index (χ3v) is 4.58. The molecule has 0 unspecified atom stereocenters. The normalized spacial score (nSPS) is 11.9. The van der Waals surface area contributed by atoms with Gasteiger partial charge in [-0.15, -0.1) is 0 Å². The van der Waals surface area contributed by atoms with Gasteiger partial charge >= 0.3 is 16.6 Å². The largest absolute Gasteiger partial charge is 0.500 e. The lowest BCUT2D eigenvalue weighted by Gasteiger charge is -2.26. The van der Waals surface area contributed by atoms with Crippen molar-refractivity contribution in [1.82, 2.24) is 0 Å². The lowest BCUT2D eigenvalue weighted by atomic mass is 10.9. The molecule has 0 amide bonds. The van der Waals surface area contributed by atoms with Crippen molar-refractivity contribution in [2.45, 2.75) is 33.7 Å². The molecule has 0 bridgehead atoms. The number of phosphoric acid groups is 1. The molecule has 0 radical (unpaired) electrons. The van der Waals surface area contributed by atoms with Gasteiger partial charge in [-0.05, 0) is 20.8 Å². The van der Waals surface area contributed by atoms with Gasteiger partial charge in [0.25, 0.3) is 0 Å². The van der Waals surface area contributed by atoms with Crippen LogP contribution in [0.3, 0.4) is 0 Å². The summed E-state index contributed by atoms with van der Waals surface area (Å²) in [5, 5.41) is 0. The van der Waals surface area contributed by atoms with E-state index in [2.05, 4.69) is 0 Å². The summed E-state index contributed by atoms with van der Waals surface area (Å²) in [5.74, 6) is 0. The third kappa shape index (κ3) is 14.1. The van der Waals surface area contributed by atoms with Crippen molar-refractivity contribution in [3.8, 4) is 0 Å². The minimum Gasteiger partial charge on any atom is -0.374 e. The number of rotatable bonds is 7. The Balaban J connectivity index is 0. The highest BCUT2D eigenvalue weighted by Gasteiger charge is 2.37. The molecule has 9 heteroatoms. The van der Waals surface area contributed by atoms with Gasteiger partial charge in [0.15, 0.2) is 0 Å². The van der Waals surface area contributed by atoms with Gasteiger partial charge in [-0.3, -0.25) is 0 Å². The zero-order valence-electron chi connectivity index (χ0n) is 10.8. The fourth-order valence-electron chi connectivity index (χ4n) is 1.09. The SMILES string of the molecule is CCO[Si](CC)(OCC)OCC.O=P(O)(O)O. The van der Waals surface area contributed by atoms with Crippen molar-refractivity contribution >= 4 is 16.6 Å². The summed E-state index contributed by atoms with van der Waals surface area (Å²) in [5.41, 5.74) is 0. The Morgan fingerprint density at radius 1 is 0.882 bits per heavy atom. The van der Waals surface area contributed by atoms with E-state index in [0.29, 0.717) is 19.8 Å². The summed E-state index contributed by atoms with van der Waals surface area (Å²) in [4.78, 5) is 21.6. The van der Waals surface area contributed by atoms with E-state index in [1.807, 2.05) is 27.7 Å². The molecular formula is C8H23O7PSi. The third-order valence-electron chi connectivity index (χ3n) is 1.53. The van der Waals surface area contributed by atoms with E-state index in [0.717, 1.165) is 6.04 Å². The Kier molecular flexibility index (Phi) is 11.7. The minimum atomic E-state index is -4.64. The highest BCUT2D eigenvalue weighted by molar-refractivity contribution is 7.45. The molecule has 17 heavy (non-hydrogen) atoms. The molecule has 0 aliphatic rings. The molecule has 0 aromatic rings. The molecule has 0 aromatic heterocycles. The summed E-state index contributed by atoms with van der Waals surface area (Å²) in [6.07, 6.45) is 0. The Morgan fingerprint density at radius 2 is 1.12 bits per heavy atom. The first-order valence-corrected chi connectivity index (χ1v) is 8.94. The van der Waals surface area contributed by atoms with Crippen LogP contribution in [-0.2, 0) is 17.8 Å². The Labute approximate surface area is 103 Å². The van der Waals surface area contributed by atoms with Gasteiger partial charge in [0.2, 0.25) is 0 Å². The molecule has 7 nitrogen and oxygen atoms in total. The lowest BCUT2D eigenvalue weighted by molar-refractivity contribution is 0.0725. The van der Waals surface area contributed by atoms with E-state index in [1.54, 1.807) is 0 Å². The fraction of sp³-hybridized carbons (Fsp3) is 1.00. The van der Waals surface area contributed by atoms with Gasteiger partial charge < -0.3 is 28.0 Å². The molecule has 0 spiro atoms. The van der Waals surface area contributed by atoms with E-state index < -0.39 is 16.6 Å². The average Bonchev–Trinajstić information content (AvgIpc) is 2.16. The molecular weight excluding hydrogens is 267 g/mol. The quantitative estimate of drug-likeness (QED) is 0.476. The van der Waals surface area contributed by atoms with Crippen LogP contribution in [0, 0.1) is 0 Å². The summed E-state index contributed by atoms with van der Waals surface area (Å²) >= 11 is 0. The Hall–Kier alpha value is 0.207. The molecule has 0 aliphatic carbocycles. The maximum absolute atomic E-state index is 8.88. The van der Waals surface area contributed by atoms with Crippen LogP contribution in [0.5, 0.6) is 0 Å². The van der Waals surface area contributed by atoms with Crippen molar-refractivity contribution < 1.29 is 32.5 Å². The molecule has 0 fully saturated rings. The summed E-state index contributed by atoms with van der Waals surface area (Å²) in [6.45, 7) is 9.95. The van der Waals surface area contributed by atoms with Crippen LogP contribution >= 0.6 is 7.82 Å². The van der Waals surface area contributed by atoms with Crippen LogP contribution in [-0.4, -0.2) is 43.3 Å². The predicted octanol–water partition coefficient (Wildman–Crippen LogP) is 1.13. The molecule has 0 heterocycles. The second-order valence-electron chi connectivity index (χ2n) is 2.85. The van der Waals surface area contributed by atoms with E-state index >= 15 is 0 Å². The van der Waals surface area contributed by atoms with Crippen molar-refractivity contribution in [3.05, 3.63) is 0 Å². The van der Waals surface area contributed by atoms with E-state index in [4.69, 9.17) is 32.5 Å². The first-order valence-electron chi connectivity index (χ1n) is 5.44. The summed E-state index contributed by atoms with van der Waals surface area (Å²) < 4.78 is 25.5. The molecule has 0 saturated heterocycles. The zero-order chi connectivity index (χ0) is 13.9. The smallest absolute Gasteiger partial charge is 0.374 e. The average molecular weight is 290 g/mol. The van der Waals surface area contributed by atoms with Crippen LogP contribution < -0.4 is 0 Å². The molecule has 3 N–H and O–H groups in total. The highest BCUT2D eigenvalue weighted by Crippen LogP contribution is 2.25. The van der Waals surface area contributed by atoms with Crippen LogP contribution in [0.25, 0.3) is 0 Å². The topological polar surface area (TPSA) is 105 Å². The molecule has 0 atom stereocenters. The van der Waals surface area contributed by atoms with Gasteiger partial charge in [-0.2, -0.15) is 0 Å². The van der Waals surface area contributed by atoms with Crippen LogP contribution in [0.2, 0.25) is 6.04 Å². The van der Waals surface area contributed by atoms with Gasteiger partial charge in [0.1, 0.15) is 0 Å². The van der Waals surface area contributed by atoms with E-state index in [-0.39, 0.29) is 0 Å². The van der Waals surface area contributed by atoms with Gasteiger partial charge in [0, 0.05) is 25.9 Å². The maximum atomic E-state index is 8.88. The standard InChI is InChI=1S/C8H20O3Si.H3O4P/c1-5-9-12(8-4,10-6-2)11-7-3;1-5(2,3)4/h5-8H2,1-4H3;(H3,1,2,3,4). The maximum Gasteiger partial charge on any atom is 0.500 e. The molecule has 0 aliphatic heterocycles. The van der Waals surface area contributed by atoms with Crippen molar-refractivity contribution in [2.75, 3.05) is 19.8 Å². The molecule has 106 valence electrons.